The third kappa shape index (κ3) is 2.28. The zero-order chi connectivity index (χ0) is 12.5. The maximum atomic E-state index is 6.03. The summed E-state index contributed by atoms with van der Waals surface area (Å²) < 4.78 is 0. The molecule has 4 nitrogen and oxygen atoms in total. The van der Waals surface area contributed by atoms with Gasteiger partial charge in [-0.2, -0.15) is 0 Å². The number of halogens is 2. The first-order chi connectivity index (χ1) is 8.74. The Morgan fingerprint density at radius 1 is 1.11 bits per heavy atom. The molecular formula is C12H14Cl2N4. The van der Waals surface area contributed by atoms with Crippen molar-refractivity contribution in [3.05, 3.63) is 22.2 Å². The second-order valence-electron chi connectivity index (χ2n) is 4.40. The molecule has 96 valence electrons. The van der Waals surface area contributed by atoms with E-state index in [-0.39, 0.29) is 0 Å². The molecule has 2 heterocycles. The number of anilines is 1. The van der Waals surface area contributed by atoms with Crippen LogP contribution in [0.1, 0.15) is 0 Å². The van der Waals surface area contributed by atoms with Crippen molar-refractivity contribution in [2.75, 3.05) is 38.0 Å². The predicted molar refractivity (Wildman–Crippen MR) is 76.5 cm³/mol. The number of benzene rings is 1. The molecule has 3 rings (SSSR count). The average molecular weight is 285 g/mol. The second-order valence-corrected chi connectivity index (χ2v) is 5.22. The van der Waals surface area contributed by atoms with Crippen LogP contribution in [0.2, 0.25) is 10.0 Å². The van der Waals surface area contributed by atoms with Crippen LogP contribution in [0.15, 0.2) is 17.1 Å². The fraction of sp³-hybridized carbons (Fsp3) is 0.417. The van der Waals surface area contributed by atoms with Crippen molar-refractivity contribution in [2.24, 2.45) is 4.99 Å². The van der Waals surface area contributed by atoms with Gasteiger partial charge in [-0.25, -0.2) is 4.99 Å². The molecule has 1 aromatic carbocycles. The average Bonchev–Trinajstić information content (AvgIpc) is 2.41. The summed E-state index contributed by atoms with van der Waals surface area (Å²) in [4.78, 5) is 6.98. The highest BCUT2D eigenvalue weighted by molar-refractivity contribution is 6.42. The molecule has 2 N–H and O–H groups in total. The molecule has 0 amide bonds. The summed E-state index contributed by atoms with van der Waals surface area (Å²) in [5.41, 5.74) is 1.81. The lowest BCUT2D eigenvalue weighted by atomic mass is 10.2. The van der Waals surface area contributed by atoms with E-state index in [4.69, 9.17) is 23.2 Å². The normalized spacial score (nSPS) is 19.0. The van der Waals surface area contributed by atoms with Gasteiger partial charge in [0.15, 0.2) is 0 Å². The van der Waals surface area contributed by atoms with Gasteiger partial charge in [0.1, 0.15) is 5.84 Å². The fourth-order valence-electron chi connectivity index (χ4n) is 2.23. The van der Waals surface area contributed by atoms with E-state index in [2.05, 4.69) is 20.5 Å². The smallest absolute Gasteiger partial charge is 0.124 e. The number of aliphatic imine (C=N–C) groups is 1. The Kier molecular flexibility index (Phi) is 3.33. The van der Waals surface area contributed by atoms with Crippen molar-refractivity contribution >= 4 is 40.4 Å². The highest BCUT2D eigenvalue weighted by Gasteiger charge is 2.19. The fourth-order valence-corrected chi connectivity index (χ4v) is 2.55. The molecular weight excluding hydrogens is 271 g/mol. The highest BCUT2D eigenvalue weighted by atomic mass is 35.5. The lowest BCUT2D eigenvalue weighted by molar-refractivity contribution is 0.354. The van der Waals surface area contributed by atoms with Gasteiger partial charge in [-0.05, 0) is 12.1 Å². The molecule has 2 aliphatic rings. The van der Waals surface area contributed by atoms with E-state index in [0.29, 0.717) is 10.0 Å². The molecule has 0 aromatic heterocycles. The molecule has 1 saturated heterocycles. The van der Waals surface area contributed by atoms with E-state index in [0.717, 1.165) is 49.9 Å². The number of nitrogens with one attached hydrogen (secondary N) is 2. The van der Waals surface area contributed by atoms with Crippen LogP contribution in [0.5, 0.6) is 0 Å². The maximum Gasteiger partial charge on any atom is 0.124 e. The number of fused-ring (bicyclic) bond motifs is 1. The first kappa shape index (κ1) is 12.1. The van der Waals surface area contributed by atoms with Gasteiger partial charge in [0, 0.05) is 26.2 Å². The Bertz CT molecular complexity index is 495. The van der Waals surface area contributed by atoms with Gasteiger partial charge in [0.05, 0.1) is 28.0 Å². The molecule has 0 aliphatic carbocycles. The zero-order valence-corrected chi connectivity index (χ0v) is 11.4. The SMILES string of the molecule is Clc1cc2c(cc1Cl)NCC(N1CCNCC1)=N2. The van der Waals surface area contributed by atoms with Crippen molar-refractivity contribution in [3.8, 4) is 0 Å². The van der Waals surface area contributed by atoms with E-state index in [1.165, 1.54) is 0 Å². The molecule has 0 bridgehead atoms. The summed E-state index contributed by atoms with van der Waals surface area (Å²) in [6.07, 6.45) is 0. The van der Waals surface area contributed by atoms with Crippen LogP contribution >= 0.6 is 23.2 Å². The Balaban J connectivity index is 1.90. The first-order valence-corrected chi connectivity index (χ1v) is 6.76. The number of piperazine rings is 1. The molecule has 0 atom stereocenters. The molecule has 0 radical (unpaired) electrons. The molecule has 18 heavy (non-hydrogen) atoms. The molecule has 6 heteroatoms. The maximum absolute atomic E-state index is 6.03. The molecule has 1 fully saturated rings. The largest absolute Gasteiger partial charge is 0.376 e. The summed E-state index contributed by atoms with van der Waals surface area (Å²) >= 11 is 12.0. The molecule has 2 aliphatic heterocycles. The van der Waals surface area contributed by atoms with Crippen LogP contribution in [0.25, 0.3) is 0 Å². The first-order valence-electron chi connectivity index (χ1n) is 6.00. The van der Waals surface area contributed by atoms with Crippen LogP contribution in [0.3, 0.4) is 0 Å². The summed E-state index contributed by atoms with van der Waals surface area (Å²) in [6, 6.07) is 3.64. The number of hydrogen-bond donors (Lipinski definition) is 2. The number of hydrogen-bond acceptors (Lipinski definition) is 4. The lowest BCUT2D eigenvalue weighted by Gasteiger charge is -2.32. The van der Waals surface area contributed by atoms with Crippen LogP contribution in [0, 0.1) is 0 Å². The van der Waals surface area contributed by atoms with Crippen LogP contribution in [-0.2, 0) is 0 Å². The van der Waals surface area contributed by atoms with E-state index in [1.54, 1.807) is 0 Å². The Morgan fingerprint density at radius 2 is 1.83 bits per heavy atom. The highest BCUT2D eigenvalue weighted by Crippen LogP contribution is 2.36. The summed E-state index contributed by atoms with van der Waals surface area (Å²) in [6.45, 7) is 4.75. The van der Waals surface area contributed by atoms with Crippen LogP contribution < -0.4 is 10.6 Å². The number of amidine groups is 1. The summed E-state index contributed by atoms with van der Waals surface area (Å²) in [5.74, 6) is 1.07. The predicted octanol–water partition coefficient (Wildman–Crippen LogP) is 2.35. The van der Waals surface area contributed by atoms with Gasteiger partial charge in [0.2, 0.25) is 0 Å². The third-order valence-corrected chi connectivity index (χ3v) is 3.93. The zero-order valence-electron chi connectivity index (χ0n) is 9.84. The molecule has 1 aromatic rings. The molecule has 0 spiro atoms. The minimum Gasteiger partial charge on any atom is -0.376 e. The van der Waals surface area contributed by atoms with Gasteiger partial charge < -0.3 is 15.5 Å². The van der Waals surface area contributed by atoms with E-state index >= 15 is 0 Å². The Morgan fingerprint density at radius 3 is 2.61 bits per heavy atom. The van der Waals surface area contributed by atoms with Crippen LogP contribution in [-0.4, -0.2) is 43.5 Å². The summed E-state index contributed by atoms with van der Waals surface area (Å²) in [7, 11) is 0. The van der Waals surface area contributed by atoms with Crippen molar-refractivity contribution in [3.63, 3.8) is 0 Å². The van der Waals surface area contributed by atoms with Gasteiger partial charge in [-0.15, -0.1) is 0 Å². The van der Waals surface area contributed by atoms with Gasteiger partial charge in [-0.3, -0.25) is 0 Å². The van der Waals surface area contributed by atoms with Crippen molar-refractivity contribution in [2.45, 2.75) is 0 Å². The topological polar surface area (TPSA) is 39.7 Å². The standard InChI is InChI=1S/C12H14Cl2N4/c13-8-5-10-11(6-9(8)14)17-12(7-16-10)18-3-1-15-2-4-18/h5-6,15-16H,1-4,7H2. The van der Waals surface area contributed by atoms with Crippen molar-refractivity contribution in [1.82, 2.24) is 10.2 Å². The molecule has 0 unspecified atom stereocenters. The van der Waals surface area contributed by atoms with E-state index in [9.17, 15) is 0 Å². The lowest BCUT2D eigenvalue weighted by Crippen LogP contribution is -2.48. The number of rotatable bonds is 0. The summed E-state index contributed by atoms with van der Waals surface area (Å²) in [5, 5.41) is 7.78. The van der Waals surface area contributed by atoms with Crippen LogP contribution in [0.4, 0.5) is 11.4 Å². The van der Waals surface area contributed by atoms with E-state index < -0.39 is 0 Å². The van der Waals surface area contributed by atoms with Crippen molar-refractivity contribution in [1.29, 1.82) is 0 Å². The molecule has 0 saturated carbocycles. The quantitative estimate of drug-likeness (QED) is 0.768. The van der Waals surface area contributed by atoms with Gasteiger partial charge in [0.25, 0.3) is 0 Å². The van der Waals surface area contributed by atoms with E-state index in [1.807, 2.05) is 12.1 Å². The van der Waals surface area contributed by atoms with Gasteiger partial charge in [-0.1, -0.05) is 23.2 Å². The minimum absolute atomic E-state index is 0.544. The second kappa shape index (κ2) is 4.96. The monoisotopic (exact) mass is 284 g/mol. The Hall–Kier alpha value is -0.970. The number of nitrogens with zero attached hydrogens (tertiary/aromatic N) is 2. The third-order valence-electron chi connectivity index (χ3n) is 3.21. The Labute approximate surface area is 116 Å². The van der Waals surface area contributed by atoms with Gasteiger partial charge >= 0.3 is 0 Å². The van der Waals surface area contributed by atoms with Crippen molar-refractivity contribution < 1.29 is 0 Å². The minimum atomic E-state index is 0.544.